The molecule has 114 valence electrons. The molecule has 0 unspecified atom stereocenters. The van der Waals surface area contributed by atoms with Crippen molar-refractivity contribution in [2.24, 2.45) is 0 Å². The minimum Gasteiger partial charge on any atom is -0.496 e. The van der Waals surface area contributed by atoms with Crippen molar-refractivity contribution in [1.29, 1.82) is 0 Å². The van der Waals surface area contributed by atoms with Gasteiger partial charge in [0.15, 0.2) is 0 Å². The predicted octanol–water partition coefficient (Wildman–Crippen LogP) is 0.810. The van der Waals surface area contributed by atoms with Crippen LogP contribution in [0.15, 0.2) is 18.2 Å². The Hall–Kier alpha value is -2.35. The van der Waals surface area contributed by atoms with Gasteiger partial charge < -0.3 is 14.7 Å². The lowest BCUT2D eigenvalue weighted by atomic mass is 10.2. The Morgan fingerprint density at radius 2 is 2.05 bits per heavy atom. The van der Waals surface area contributed by atoms with E-state index in [9.17, 15) is 14.9 Å². The molecule has 1 fully saturated rings. The van der Waals surface area contributed by atoms with Gasteiger partial charge in [0.25, 0.3) is 5.69 Å². The minimum absolute atomic E-state index is 0.000958. The highest BCUT2D eigenvalue weighted by molar-refractivity contribution is 5.69. The fourth-order valence-electron chi connectivity index (χ4n) is 2.38. The van der Waals surface area contributed by atoms with Crippen LogP contribution in [0.2, 0.25) is 0 Å². The van der Waals surface area contributed by atoms with Gasteiger partial charge in [0.05, 0.1) is 24.6 Å². The number of carbonyl (C=O) groups is 1. The summed E-state index contributed by atoms with van der Waals surface area (Å²) in [5.74, 6) is -0.422. The van der Waals surface area contributed by atoms with Crippen LogP contribution in [-0.4, -0.2) is 60.7 Å². The van der Waals surface area contributed by atoms with Gasteiger partial charge in [-0.15, -0.1) is 0 Å². The number of benzene rings is 1. The summed E-state index contributed by atoms with van der Waals surface area (Å²) in [4.78, 5) is 25.1. The van der Waals surface area contributed by atoms with Crippen LogP contribution in [0.4, 0.5) is 11.4 Å². The average molecular weight is 295 g/mol. The molecule has 0 bridgehead atoms. The van der Waals surface area contributed by atoms with Gasteiger partial charge in [-0.3, -0.25) is 19.8 Å². The van der Waals surface area contributed by atoms with Crippen LogP contribution in [0.5, 0.6) is 5.75 Å². The van der Waals surface area contributed by atoms with Crippen molar-refractivity contribution in [3.8, 4) is 5.75 Å². The highest BCUT2D eigenvalue weighted by Crippen LogP contribution is 2.32. The van der Waals surface area contributed by atoms with Crippen molar-refractivity contribution in [3.63, 3.8) is 0 Å². The number of nitrogens with zero attached hydrogens (tertiary/aromatic N) is 3. The van der Waals surface area contributed by atoms with Crippen molar-refractivity contribution < 1.29 is 19.6 Å². The van der Waals surface area contributed by atoms with E-state index in [4.69, 9.17) is 9.84 Å². The average Bonchev–Trinajstić information content (AvgIpc) is 2.47. The predicted molar refractivity (Wildman–Crippen MR) is 75.9 cm³/mol. The Bertz CT molecular complexity index is 541. The van der Waals surface area contributed by atoms with Gasteiger partial charge in [-0.05, 0) is 12.1 Å². The Labute approximate surface area is 121 Å². The number of methoxy groups -OCH3 is 1. The van der Waals surface area contributed by atoms with E-state index < -0.39 is 10.9 Å². The zero-order valence-corrected chi connectivity index (χ0v) is 11.7. The summed E-state index contributed by atoms with van der Waals surface area (Å²) in [6.07, 6.45) is 0. The molecule has 8 heteroatoms. The van der Waals surface area contributed by atoms with Crippen LogP contribution in [0, 0.1) is 10.1 Å². The largest absolute Gasteiger partial charge is 0.496 e. The fourth-order valence-corrected chi connectivity index (χ4v) is 2.38. The van der Waals surface area contributed by atoms with Crippen molar-refractivity contribution in [1.82, 2.24) is 4.90 Å². The molecule has 0 atom stereocenters. The fraction of sp³-hybridized carbons (Fsp3) is 0.462. The van der Waals surface area contributed by atoms with Gasteiger partial charge in [0.2, 0.25) is 0 Å². The first kappa shape index (κ1) is 15.0. The monoisotopic (exact) mass is 295 g/mol. The number of hydrogen-bond acceptors (Lipinski definition) is 6. The normalized spacial score (nSPS) is 15.8. The summed E-state index contributed by atoms with van der Waals surface area (Å²) in [6.45, 7) is 2.24. The molecule has 0 amide bonds. The molecule has 0 aromatic heterocycles. The lowest BCUT2D eigenvalue weighted by Gasteiger charge is -2.34. The number of nitro benzene ring substituents is 1. The molecule has 8 nitrogen and oxygen atoms in total. The first-order chi connectivity index (χ1) is 10.0. The second kappa shape index (κ2) is 6.40. The smallest absolute Gasteiger partial charge is 0.317 e. The van der Waals surface area contributed by atoms with E-state index >= 15 is 0 Å². The van der Waals surface area contributed by atoms with Crippen molar-refractivity contribution in [2.45, 2.75) is 0 Å². The number of carboxylic acids is 1. The molecule has 0 aliphatic carbocycles. The maximum Gasteiger partial charge on any atom is 0.317 e. The zero-order chi connectivity index (χ0) is 15.4. The lowest BCUT2D eigenvalue weighted by molar-refractivity contribution is -0.384. The molecule has 0 saturated carbocycles. The van der Waals surface area contributed by atoms with E-state index in [1.54, 1.807) is 12.1 Å². The molecular formula is C13H17N3O5. The first-order valence-corrected chi connectivity index (χ1v) is 6.53. The van der Waals surface area contributed by atoms with Crippen molar-refractivity contribution >= 4 is 17.3 Å². The Morgan fingerprint density at radius 3 is 2.57 bits per heavy atom. The third-order valence-corrected chi connectivity index (χ3v) is 3.45. The molecule has 1 aromatic rings. The summed E-state index contributed by atoms with van der Waals surface area (Å²) >= 11 is 0. The second-order valence-corrected chi connectivity index (χ2v) is 4.77. The van der Waals surface area contributed by atoms with Gasteiger partial charge in [-0.1, -0.05) is 0 Å². The minimum atomic E-state index is -0.862. The molecule has 21 heavy (non-hydrogen) atoms. The summed E-state index contributed by atoms with van der Waals surface area (Å²) in [6, 6.07) is 4.76. The number of aliphatic carboxylic acids is 1. The van der Waals surface area contributed by atoms with Gasteiger partial charge >= 0.3 is 5.97 Å². The van der Waals surface area contributed by atoms with E-state index in [-0.39, 0.29) is 12.2 Å². The SMILES string of the molecule is COc1ccc(N2CCN(CC(=O)O)CC2)c([N+](=O)[O-])c1. The maximum absolute atomic E-state index is 11.2. The highest BCUT2D eigenvalue weighted by Gasteiger charge is 2.24. The van der Waals surface area contributed by atoms with Crippen LogP contribution in [0.3, 0.4) is 0 Å². The number of nitro groups is 1. The number of hydrogen-bond donors (Lipinski definition) is 1. The van der Waals surface area contributed by atoms with Crippen LogP contribution in [0.1, 0.15) is 0 Å². The summed E-state index contributed by atoms with van der Waals surface area (Å²) in [5.41, 5.74) is 0.539. The molecule has 0 radical (unpaired) electrons. The van der Waals surface area contributed by atoms with Crippen LogP contribution >= 0.6 is 0 Å². The first-order valence-electron chi connectivity index (χ1n) is 6.53. The number of piperazine rings is 1. The topological polar surface area (TPSA) is 96.2 Å². The number of ether oxygens (including phenoxy) is 1. The lowest BCUT2D eigenvalue weighted by Crippen LogP contribution is -2.48. The molecule has 1 aliphatic heterocycles. The summed E-state index contributed by atoms with van der Waals surface area (Å²) in [7, 11) is 1.46. The standard InChI is InChI=1S/C13H17N3O5/c1-21-10-2-3-11(12(8-10)16(19)20)15-6-4-14(5-7-15)9-13(17)18/h2-3,8H,4-7,9H2,1H3,(H,17,18). The molecule has 1 heterocycles. The summed E-state index contributed by atoms with van der Waals surface area (Å²) < 4.78 is 5.01. The zero-order valence-electron chi connectivity index (χ0n) is 11.7. The molecular weight excluding hydrogens is 278 g/mol. The van der Waals surface area contributed by atoms with E-state index in [1.165, 1.54) is 13.2 Å². The van der Waals surface area contributed by atoms with Gasteiger partial charge in [-0.2, -0.15) is 0 Å². The van der Waals surface area contributed by atoms with Crippen LogP contribution in [-0.2, 0) is 4.79 Å². The molecule has 1 aromatic carbocycles. The van der Waals surface area contributed by atoms with Gasteiger partial charge in [0, 0.05) is 26.2 Å². The molecule has 1 saturated heterocycles. The van der Waals surface area contributed by atoms with E-state index in [2.05, 4.69) is 0 Å². The Morgan fingerprint density at radius 1 is 1.38 bits per heavy atom. The maximum atomic E-state index is 11.2. The van der Waals surface area contributed by atoms with Crippen molar-refractivity contribution in [3.05, 3.63) is 28.3 Å². The van der Waals surface area contributed by atoms with E-state index in [0.717, 1.165) is 0 Å². The van der Waals surface area contributed by atoms with Gasteiger partial charge in [-0.25, -0.2) is 0 Å². The Balaban J connectivity index is 2.12. The highest BCUT2D eigenvalue weighted by atomic mass is 16.6. The van der Waals surface area contributed by atoms with Crippen LogP contribution < -0.4 is 9.64 Å². The Kier molecular flexibility index (Phi) is 4.59. The van der Waals surface area contributed by atoms with Crippen LogP contribution in [0.25, 0.3) is 0 Å². The molecule has 1 aliphatic rings. The van der Waals surface area contributed by atoms with E-state index in [0.29, 0.717) is 37.6 Å². The van der Waals surface area contributed by atoms with Crippen molar-refractivity contribution in [2.75, 3.05) is 44.7 Å². The summed E-state index contributed by atoms with van der Waals surface area (Å²) in [5, 5.41) is 19.9. The van der Waals surface area contributed by atoms with Gasteiger partial charge in [0.1, 0.15) is 11.4 Å². The number of rotatable bonds is 5. The number of anilines is 1. The molecule has 2 rings (SSSR count). The third-order valence-electron chi connectivity index (χ3n) is 3.45. The second-order valence-electron chi connectivity index (χ2n) is 4.77. The van der Waals surface area contributed by atoms with E-state index in [1.807, 2.05) is 9.80 Å². The number of carboxylic acid groups (broad SMARTS) is 1. The molecule has 1 N–H and O–H groups in total. The molecule has 0 spiro atoms. The quantitative estimate of drug-likeness (QED) is 0.634. The third kappa shape index (κ3) is 3.60.